The van der Waals surface area contributed by atoms with Crippen molar-refractivity contribution in [3.8, 4) is 11.1 Å². The third-order valence-electron chi connectivity index (χ3n) is 5.64. The Morgan fingerprint density at radius 3 is 2.48 bits per heavy atom. The van der Waals surface area contributed by atoms with Crippen LogP contribution in [0, 0.1) is 5.41 Å². The van der Waals surface area contributed by atoms with Crippen LogP contribution in [0.15, 0.2) is 70.8 Å². The Balaban J connectivity index is 1.86. The summed E-state index contributed by atoms with van der Waals surface area (Å²) in [7, 11) is 1.56. The number of aliphatic hydroxyl groups excluding tert-OH is 1. The van der Waals surface area contributed by atoms with Crippen LogP contribution in [0.4, 0.5) is 5.69 Å². The first kappa shape index (κ1) is 22.9. The third kappa shape index (κ3) is 4.21. The number of aliphatic hydroxyl groups is 1. The molecule has 1 atom stereocenters. The van der Waals surface area contributed by atoms with E-state index in [0.29, 0.717) is 16.9 Å². The van der Waals surface area contributed by atoms with Crippen molar-refractivity contribution in [1.29, 1.82) is 0 Å². The molecule has 1 aromatic carbocycles. The van der Waals surface area contributed by atoms with Crippen LogP contribution in [0.1, 0.15) is 38.1 Å². The summed E-state index contributed by atoms with van der Waals surface area (Å²) in [6.45, 7) is 5.53. The number of aromatic nitrogens is 1. The van der Waals surface area contributed by atoms with E-state index >= 15 is 0 Å². The maximum atomic E-state index is 13.4. The monoisotopic (exact) mass is 462 g/mol. The summed E-state index contributed by atoms with van der Waals surface area (Å²) in [6.07, 6.45) is 1.64. The molecule has 0 aliphatic carbocycles. The fraction of sp³-hybridized carbons (Fsp3) is 0.269. The van der Waals surface area contributed by atoms with Gasteiger partial charge in [-0.3, -0.25) is 19.5 Å². The molecule has 0 saturated heterocycles. The first-order valence-electron chi connectivity index (χ1n) is 10.6. The number of Topliss-reactive ketones (excluding diaryl/α,β-unsaturated/α-hetero) is 1. The minimum atomic E-state index is -0.810. The van der Waals surface area contributed by atoms with Gasteiger partial charge in [0.15, 0.2) is 11.5 Å². The molecule has 7 heteroatoms. The number of amides is 1. The molecular formula is C26H26N2O4S. The van der Waals surface area contributed by atoms with Crippen molar-refractivity contribution in [3.05, 3.63) is 82.0 Å². The number of hydrogen-bond acceptors (Lipinski definition) is 6. The van der Waals surface area contributed by atoms with Crippen molar-refractivity contribution in [2.75, 3.05) is 12.0 Å². The highest BCUT2D eigenvalue weighted by Crippen LogP contribution is 2.44. The van der Waals surface area contributed by atoms with Gasteiger partial charge < -0.3 is 9.84 Å². The number of ketones is 1. The molecule has 0 bridgehead atoms. The van der Waals surface area contributed by atoms with Gasteiger partial charge in [0.2, 0.25) is 0 Å². The number of ether oxygens (including phenoxy) is 1. The standard InChI is InChI=1S/C26H26N2O4S/c1-26(2,3)24(30)21-22(19-6-5-12-27-20(19)14-32-4)28(25(31)23(21)29)18-9-7-16(8-10-18)17-11-13-33-15-17/h5-13,15,22,29H,14H2,1-4H3. The van der Waals surface area contributed by atoms with Crippen molar-refractivity contribution in [2.45, 2.75) is 33.4 Å². The molecule has 170 valence electrons. The molecule has 1 aliphatic rings. The average Bonchev–Trinajstić information content (AvgIpc) is 3.41. The van der Waals surface area contributed by atoms with E-state index in [2.05, 4.69) is 10.4 Å². The van der Waals surface area contributed by atoms with Crippen LogP contribution in [-0.4, -0.2) is 28.9 Å². The Morgan fingerprint density at radius 1 is 1.15 bits per heavy atom. The molecule has 4 rings (SSSR count). The molecule has 0 fully saturated rings. The number of rotatable bonds is 6. The van der Waals surface area contributed by atoms with Crippen LogP contribution in [0.25, 0.3) is 11.1 Å². The first-order valence-corrected chi connectivity index (χ1v) is 11.5. The van der Waals surface area contributed by atoms with E-state index in [9.17, 15) is 14.7 Å². The summed E-state index contributed by atoms with van der Waals surface area (Å²) in [5, 5.41) is 15.0. The van der Waals surface area contributed by atoms with E-state index in [0.717, 1.165) is 11.1 Å². The second-order valence-electron chi connectivity index (χ2n) is 8.95. The van der Waals surface area contributed by atoms with E-state index < -0.39 is 23.1 Å². The highest BCUT2D eigenvalue weighted by atomic mass is 32.1. The number of carbonyl (C=O) groups is 2. The van der Waals surface area contributed by atoms with Crippen LogP contribution in [0.3, 0.4) is 0 Å². The highest BCUT2D eigenvalue weighted by Gasteiger charge is 2.47. The topological polar surface area (TPSA) is 79.7 Å². The highest BCUT2D eigenvalue weighted by molar-refractivity contribution is 7.08. The van der Waals surface area contributed by atoms with Crippen molar-refractivity contribution in [3.63, 3.8) is 0 Å². The number of thiophene rings is 1. The molecule has 2 aromatic heterocycles. The van der Waals surface area contributed by atoms with Crippen LogP contribution in [0.5, 0.6) is 0 Å². The lowest BCUT2D eigenvalue weighted by atomic mass is 9.82. The van der Waals surface area contributed by atoms with E-state index in [-0.39, 0.29) is 18.0 Å². The van der Waals surface area contributed by atoms with Crippen LogP contribution in [0.2, 0.25) is 0 Å². The van der Waals surface area contributed by atoms with Gasteiger partial charge >= 0.3 is 0 Å². The van der Waals surface area contributed by atoms with Gasteiger partial charge in [-0.2, -0.15) is 11.3 Å². The minimum Gasteiger partial charge on any atom is -0.503 e. The lowest BCUT2D eigenvalue weighted by Gasteiger charge is -2.30. The molecular weight excluding hydrogens is 436 g/mol. The predicted molar refractivity (Wildman–Crippen MR) is 129 cm³/mol. The van der Waals surface area contributed by atoms with E-state index in [1.807, 2.05) is 41.8 Å². The molecule has 1 N–H and O–H groups in total. The first-order chi connectivity index (χ1) is 15.7. The van der Waals surface area contributed by atoms with Crippen molar-refractivity contribution in [2.24, 2.45) is 5.41 Å². The Morgan fingerprint density at radius 2 is 1.88 bits per heavy atom. The smallest absolute Gasteiger partial charge is 0.294 e. The fourth-order valence-electron chi connectivity index (χ4n) is 4.00. The zero-order chi connectivity index (χ0) is 23.8. The number of anilines is 1. The van der Waals surface area contributed by atoms with Crippen LogP contribution in [-0.2, 0) is 20.9 Å². The van der Waals surface area contributed by atoms with Gasteiger partial charge in [-0.25, -0.2) is 0 Å². The number of methoxy groups -OCH3 is 1. The zero-order valence-corrected chi connectivity index (χ0v) is 19.8. The van der Waals surface area contributed by atoms with Gasteiger partial charge in [0.1, 0.15) is 0 Å². The maximum Gasteiger partial charge on any atom is 0.294 e. The molecule has 3 aromatic rings. The summed E-state index contributed by atoms with van der Waals surface area (Å²) in [6, 6.07) is 12.3. The molecule has 6 nitrogen and oxygen atoms in total. The van der Waals surface area contributed by atoms with E-state index in [1.165, 1.54) is 4.90 Å². The molecule has 0 radical (unpaired) electrons. The van der Waals surface area contributed by atoms with E-state index in [1.54, 1.807) is 51.5 Å². The van der Waals surface area contributed by atoms with Gasteiger partial charge in [-0.05, 0) is 46.2 Å². The van der Waals surface area contributed by atoms with Gasteiger partial charge in [-0.15, -0.1) is 0 Å². The molecule has 33 heavy (non-hydrogen) atoms. The Bertz CT molecular complexity index is 1210. The van der Waals surface area contributed by atoms with Gasteiger partial charge in [-0.1, -0.05) is 39.0 Å². The molecule has 1 unspecified atom stereocenters. The number of nitrogens with zero attached hydrogens (tertiary/aromatic N) is 2. The molecule has 3 heterocycles. The number of hydrogen-bond donors (Lipinski definition) is 1. The lowest BCUT2D eigenvalue weighted by molar-refractivity contribution is -0.123. The largest absolute Gasteiger partial charge is 0.503 e. The lowest BCUT2D eigenvalue weighted by Crippen LogP contribution is -2.33. The quantitative estimate of drug-likeness (QED) is 0.525. The van der Waals surface area contributed by atoms with Crippen molar-refractivity contribution in [1.82, 2.24) is 4.98 Å². The summed E-state index contributed by atoms with van der Waals surface area (Å²) in [5.74, 6) is -1.42. The van der Waals surface area contributed by atoms with Gasteiger partial charge in [0.05, 0.1) is 23.9 Å². The molecule has 0 saturated carbocycles. The maximum absolute atomic E-state index is 13.4. The summed E-state index contributed by atoms with van der Waals surface area (Å²) in [5.41, 5.74) is 3.24. The van der Waals surface area contributed by atoms with Crippen molar-refractivity contribution >= 4 is 28.7 Å². The average molecular weight is 463 g/mol. The van der Waals surface area contributed by atoms with Gasteiger partial charge in [0.25, 0.3) is 5.91 Å². The summed E-state index contributed by atoms with van der Waals surface area (Å²) >= 11 is 1.61. The third-order valence-corrected chi connectivity index (χ3v) is 6.32. The Hall–Kier alpha value is -3.29. The second-order valence-corrected chi connectivity index (χ2v) is 9.73. The van der Waals surface area contributed by atoms with E-state index in [4.69, 9.17) is 4.74 Å². The molecule has 1 aliphatic heterocycles. The summed E-state index contributed by atoms with van der Waals surface area (Å²) < 4.78 is 5.31. The van der Waals surface area contributed by atoms with Crippen LogP contribution < -0.4 is 4.90 Å². The Kier molecular flexibility index (Phi) is 6.19. The molecule has 0 spiro atoms. The normalized spacial score (nSPS) is 16.5. The number of pyridine rings is 1. The minimum absolute atomic E-state index is 0.0831. The van der Waals surface area contributed by atoms with Crippen LogP contribution >= 0.6 is 11.3 Å². The van der Waals surface area contributed by atoms with Gasteiger partial charge in [0, 0.05) is 30.0 Å². The molecule has 1 amide bonds. The summed E-state index contributed by atoms with van der Waals surface area (Å²) in [4.78, 5) is 32.6. The number of carbonyl (C=O) groups excluding carboxylic acids is 2. The predicted octanol–water partition coefficient (Wildman–Crippen LogP) is 5.47. The SMILES string of the molecule is COCc1ncccc1C1C(C(=O)C(C)(C)C)=C(O)C(=O)N1c1ccc(-c2ccsc2)cc1. The number of benzene rings is 1. The Labute approximate surface area is 197 Å². The second kappa shape index (κ2) is 8.92. The zero-order valence-electron chi connectivity index (χ0n) is 19.0. The fourth-order valence-corrected chi connectivity index (χ4v) is 4.67. The van der Waals surface area contributed by atoms with Crippen molar-refractivity contribution < 1.29 is 19.4 Å².